The van der Waals surface area contributed by atoms with Crippen molar-refractivity contribution in [2.24, 2.45) is 0 Å². The monoisotopic (exact) mass is 379 g/mol. The number of carbonyl (C=O) groups excluding carboxylic acids is 2. The second-order valence-corrected chi connectivity index (χ2v) is 6.19. The summed E-state index contributed by atoms with van der Waals surface area (Å²) in [5.74, 6) is -0.437. The van der Waals surface area contributed by atoms with Crippen LogP contribution in [0.1, 0.15) is 26.5 Å². The molecule has 0 saturated heterocycles. The fraction of sp³-hybridized carbons (Fsp3) is 0.0500. The molecule has 0 fully saturated rings. The van der Waals surface area contributed by atoms with Crippen molar-refractivity contribution in [1.29, 1.82) is 0 Å². The van der Waals surface area contributed by atoms with Crippen LogP contribution in [0.2, 0.25) is 0 Å². The summed E-state index contributed by atoms with van der Waals surface area (Å²) >= 11 is 5.11. The van der Waals surface area contributed by atoms with Gasteiger partial charge in [0.1, 0.15) is 0 Å². The normalized spacial score (nSPS) is 10.1. The Kier molecular flexibility index (Phi) is 5.63. The highest BCUT2D eigenvalue weighted by Gasteiger charge is 2.10. The van der Waals surface area contributed by atoms with Gasteiger partial charge in [-0.2, -0.15) is 0 Å². The van der Waals surface area contributed by atoms with Gasteiger partial charge in [-0.15, -0.1) is 0 Å². The van der Waals surface area contributed by atoms with Crippen molar-refractivity contribution < 1.29 is 14.0 Å². The van der Waals surface area contributed by atoms with Crippen LogP contribution in [0, 0.1) is 6.92 Å². The third-order valence-corrected chi connectivity index (χ3v) is 3.86. The molecule has 3 rings (SSSR count). The predicted octanol–water partition coefficient (Wildman–Crippen LogP) is 3.97. The summed E-state index contributed by atoms with van der Waals surface area (Å²) in [6.07, 6.45) is 1.41. The van der Waals surface area contributed by atoms with E-state index in [9.17, 15) is 9.59 Å². The first-order chi connectivity index (χ1) is 13.0. The summed E-state index contributed by atoms with van der Waals surface area (Å²) in [5.41, 5.74) is 2.94. The van der Waals surface area contributed by atoms with Crippen molar-refractivity contribution >= 4 is 40.5 Å². The van der Waals surface area contributed by atoms with Crippen LogP contribution >= 0.6 is 12.2 Å². The van der Waals surface area contributed by atoms with E-state index >= 15 is 0 Å². The Bertz CT molecular complexity index is 966. The molecule has 0 unspecified atom stereocenters. The minimum atomic E-state index is -0.431. The van der Waals surface area contributed by atoms with Gasteiger partial charge in [-0.1, -0.05) is 17.7 Å². The Morgan fingerprint density at radius 1 is 0.889 bits per heavy atom. The zero-order chi connectivity index (χ0) is 19.2. The molecule has 2 aromatic carbocycles. The summed E-state index contributed by atoms with van der Waals surface area (Å²) in [6, 6.07) is 17.5. The maximum absolute atomic E-state index is 12.3. The molecule has 3 N–H and O–H groups in total. The summed E-state index contributed by atoms with van der Waals surface area (Å²) in [6.45, 7) is 1.94. The van der Waals surface area contributed by atoms with Crippen molar-refractivity contribution in [1.82, 2.24) is 5.32 Å². The Balaban J connectivity index is 1.56. The average molecular weight is 379 g/mol. The lowest BCUT2D eigenvalue weighted by Gasteiger charge is -2.10. The SMILES string of the molecule is Cc1cccc(C(=O)Nc2ccc(NC(=S)NC(=O)c3ccco3)cc2)c1. The van der Waals surface area contributed by atoms with Gasteiger partial charge in [0.15, 0.2) is 10.9 Å². The van der Waals surface area contributed by atoms with Gasteiger partial charge >= 0.3 is 0 Å². The van der Waals surface area contributed by atoms with Crippen LogP contribution in [0.4, 0.5) is 11.4 Å². The van der Waals surface area contributed by atoms with Crippen LogP contribution in [0.25, 0.3) is 0 Å². The fourth-order valence-electron chi connectivity index (χ4n) is 2.36. The molecule has 27 heavy (non-hydrogen) atoms. The number of anilines is 2. The van der Waals surface area contributed by atoms with Crippen LogP contribution in [0.15, 0.2) is 71.3 Å². The standard InChI is InChI=1S/C20H17N3O3S/c1-13-4-2-5-14(12-13)18(24)21-15-7-9-16(10-8-15)22-20(27)23-19(25)17-6-3-11-26-17/h2-12H,1H3,(H,21,24)(H2,22,23,25,27). The molecule has 1 aromatic heterocycles. The first kappa shape index (κ1) is 18.3. The van der Waals surface area contributed by atoms with Crippen molar-refractivity contribution in [3.05, 3.63) is 83.8 Å². The maximum atomic E-state index is 12.3. The number of aryl methyl sites for hydroxylation is 1. The van der Waals surface area contributed by atoms with Crippen LogP contribution in [0.3, 0.4) is 0 Å². The van der Waals surface area contributed by atoms with Crippen molar-refractivity contribution in [2.75, 3.05) is 10.6 Å². The molecule has 2 amide bonds. The molecule has 7 heteroatoms. The molecule has 0 bridgehead atoms. The number of benzene rings is 2. The number of carbonyl (C=O) groups is 2. The van der Waals surface area contributed by atoms with E-state index in [2.05, 4.69) is 16.0 Å². The van der Waals surface area contributed by atoms with E-state index in [0.717, 1.165) is 5.56 Å². The van der Waals surface area contributed by atoms with Gasteiger partial charge in [0, 0.05) is 16.9 Å². The first-order valence-electron chi connectivity index (χ1n) is 8.15. The molecular formula is C20H17N3O3S. The Hall–Kier alpha value is -3.45. The zero-order valence-electron chi connectivity index (χ0n) is 14.5. The Morgan fingerprint density at radius 2 is 1.59 bits per heavy atom. The number of thiocarbonyl (C=S) groups is 1. The molecule has 0 aliphatic carbocycles. The van der Waals surface area contributed by atoms with E-state index in [4.69, 9.17) is 16.6 Å². The van der Waals surface area contributed by atoms with Crippen molar-refractivity contribution in [3.63, 3.8) is 0 Å². The lowest BCUT2D eigenvalue weighted by atomic mass is 10.1. The van der Waals surface area contributed by atoms with E-state index < -0.39 is 5.91 Å². The largest absolute Gasteiger partial charge is 0.459 e. The van der Waals surface area contributed by atoms with Gasteiger partial charge < -0.3 is 15.1 Å². The second kappa shape index (κ2) is 8.29. The second-order valence-electron chi connectivity index (χ2n) is 5.79. The third-order valence-electron chi connectivity index (χ3n) is 3.65. The van der Waals surface area contributed by atoms with Crippen LogP contribution in [0.5, 0.6) is 0 Å². The van der Waals surface area contributed by atoms with E-state index in [1.807, 2.05) is 25.1 Å². The number of rotatable bonds is 4. The predicted molar refractivity (Wildman–Crippen MR) is 108 cm³/mol. The Labute approximate surface area is 161 Å². The maximum Gasteiger partial charge on any atom is 0.293 e. The van der Waals surface area contributed by atoms with Gasteiger partial charge in [-0.3, -0.25) is 14.9 Å². The quantitative estimate of drug-likeness (QED) is 0.598. The van der Waals surface area contributed by atoms with Gasteiger partial charge in [0.25, 0.3) is 11.8 Å². The van der Waals surface area contributed by atoms with Crippen molar-refractivity contribution in [2.45, 2.75) is 6.92 Å². The topological polar surface area (TPSA) is 83.4 Å². The molecule has 0 aliphatic rings. The van der Waals surface area contributed by atoms with E-state index in [0.29, 0.717) is 16.9 Å². The summed E-state index contributed by atoms with van der Waals surface area (Å²) in [5, 5.41) is 8.40. The summed E-state index contributed by atoms with van der Waals surface area (Å²) in [4.78, 5) is 24.1. The highest BCUT2D eigenvalue weighted by Crippen LogP contribution is 2.15. The molecule has 136 valence electrons. The molecular weight excluding hydrogens is 362 g/mol. The van der Waals surface area contributed by atoms with Gasteiger partial charge in [0.2, 0.25) is 0 Å². The molecule has 3 aromatic rings. The third kappa shape index (κ3) is 5.02. The molecule has 0 saturated carbocycles. The summed E-state index contributed by atoms with van der Waals surface area (Å²) < 4.78 is 5.00. The lowest BCUT2D eigenvalue weighted by Crippen LogP contribution is -2.33. The number of amides is 2. The molecule has 0 aliphatic heterocycles. The highest BCUT2D eigenvalue weighted by molar-refractivity contribution is 7.80. The molecule has 0 radical (unpaired) electrons. The number of furan rings is 1. The van der Waals surface area contributed by atoms with E-state index in [-0.39, 0.29) is 16.8 Å². The van der Waals surface area contributed by atoms with Crippen LogP contribution in [-0.4, -0.2) is 16.9 Å². The fourth-order valence-corrected chi connectivity index (χ4v) is 2.57. The lowest BCUT2D eigenvalue weighted by molar-refractivity contribution is 0.0950. The molecule has 0 atom stereocenters. The Morgan fingerprint density at radius 3 is 2.22 bits per heavy atom. The number of hydrogen-bond donors (Lipinski definition) is 3. The van der Waals surface area contributed by atoms with Gasteiger partial charge in [-0.05, 0) is 67.7 Å². The van der Waals surface area contributed by atoms with Crippen LogP contribution < -0.4 is 16.0 Å². The summed E-state index contributed by atoms with van der Waals surface area (Å²) in [7, 11) is 0. The molecule has 0 spiro atoms. The highest BCUT2D eigenvalue weighted by atomic mass is 32.1. The van der Waals surface area contributed by atoms with Gasteiger partial charge in [-0.25, -0.2) is 0 Å². The minimum Gasteiger partial charge on any atom is -0.459 e. The molecule has 1 heterocycles. The number of hydrogen-bond acceptors (Lipinski definition) is 4. The average Bonchev–Trinajstić information content (AvgIpc) is 3.18. The molecule has 6 nitrogen and oxygen atoms in total. The van der Waals surface area contributed by atoms with E-state index in [1.54, 1.807) is 42.5 Å². The number of nitrogens with one attached hydrogen (secondary N) is 3. The zero-order valence-corrected chi connectivity index (χ0v) is 15.3. The van der Waals surface area contributed by atoms with E-state index in [1.165, 1.54) is 6.26 Å². The van der Waals surface area contributed by atoms with Crippen LogP contribution in [-0.2, 0) is 0 Å². The van der Waals surface area contributed by atoms with Gasteiger partial charge in [0.05, 0.1) is 6.26 Å². The minimum absolute atomic E-state index is 0.146. The smallest absolute Gasteiger partial charge is 0.293 e. The first-order valence-corrected chi connectivity index (χ1v) is 8.56. The van der Waals surface area contributed by atoms with Crippen molar-refractivity contribution in [3.8, 4) is 0 Å².